The van der Waals surface area contributed by atoms with Crippen molar-refractivity contribution in [2.24, 2.45) is 0 Å². The molecule has 0 aliphatic heterocycles. The van der Waals surface area contributed by atoms with E-state index in [0.717, 1.165) is 16.5 Å². The number of fused-ring (bicyclic) bond motifs is 1. The second kappa shape index (κ2) is 5.76. The molecule has 0 fully saturated rings. The fraction of sp³-hybridized carbons (Fsp3) is 0.429. The number of aromatic nitrogens is 1. The summed E-state index contributed by atoms with van der Waals surface area (Å²) in [6.45, 7) is 3.64. The van der Waals surface area contributed by atoms with Crippen molar-refractivity contribution in [3.8, 4) is 0 Å². The molecule has 2 rings (SSSR count). The minimum atomic E-state index is -3.09. The predicted molar refractivity (Wildman–Crippen MR) is 81.8 cm³/mol. The van der Waals surface area contributed by atoms with E-state index in [1.54, 1.807) is 32.2 Å². The third-order valence-corrected chi connectivity index (χ3v) is 5.86. The van der Waals surface area contributed by atoms with Gasteiger partial charge in [-0.1, -0.05) is 17.7 Å². The van der Waals surface area contributed by atoms with Gasteiger partial charge in [0.25, 0.3) is 0 Å². The summed E-state index contributed by atoms with van der Waals surface area (Å²) in [5, 5.41) is 10.5. The van der Waals surface area contributed by atoms with Crippen molar-refractivity contribution in [2.75, 3.05) is 5.75 Å². The van der Waals surface area contributed by atoms with E-state index in [1.807, 2.05) is 10.6 Å². The Morgan fingerprint density at radius 3 is 2.65 bits per heavy atom. The van der Waals surface area contributed by atoms with E-state index in [4.69, 9.17) is 11.6 Å². The second-order valence-corrected chi connectivity index (χ2v) is 8.20. The van der Waals surface area contributed by atoms with Crippen LogP contribution in [0.25, 0.3) is 10.9 Å². The lowest BCUT2D eigenvalue weighted by molar-refractivity contribution is 0.283. The second-order valence-electron chi connectivity index (χ2n) is 5.08. The highest BCUT2D eigenvalue weighted by Crippen LogP contribution is 2.25. The van der Waals surface area contributed by atoms with Gasteiger partial charge >= 0.3 is 0 Å². The number of aryl methyl sites for hydroxylation is 1. The molecular formula is C14H18ClNO3S. The van der Waals surface area contributed by atoms with Crippen molar-refractivity contribution < 1.29 is 13.5 Å². The first-order chi connectivity index (χ1) is 9.35. The highest BCUT2D eigenvalue weighted by molar-refractivity contribution is 7.91. The van der Waals surface area contributed by atoms with Gasteiger partial charge in [-0.05, 0) is 26.0 Å². The van der Waals surface area contributed by atoms with Gasteiger partial charge in [-0.2, -0.15) is 0 Å². The number of aliphatic hydroxyl groups is 1. The van der Waals surface area contributed by atoms with Crippen LogP contribution in [0.1, 0.15) is 19.4 Å². The van der Waals surface area contributed by atoms with Crippen LogP contribution < -0.4 is 0 Å². The summed E-state index contributed by atoms with van der Waals surface area (Å²) < 4.78 is 25.6. The number of aliphatic hydroxyl groups excluding tert-OH is 1. The van der Waals surface area contributed by atoms with E-state index in [1.165, 1.54) is 0 Å². The molecule has 0 amide bonds. The molecule has 0 saturated carbocycles. The summed E-state index contributed by atoms with van der Waals surface area (Å²) in [7, 11) is -3.09. The molecule has 0 aliphatic rings. The minimum absolute atomic E-state index is 0.0752. The van der Waals surface area contributed by atoms with Crippen LogP contribution in [0.4, 0.5) is 0 Å². The van der Waals surface area contributed by atoms with Gasteiger partial charge in [-0.15, -0.1) is 0 Å². The molecule has 1 aromatic heterocycles. The zero-order valence-electron chi connectivity index (χ0n) is 11.5. The molecule has 0 aliphatic carbocycles. The van der Waals surface area contributed by atoms with Crippen LogP contribution in [-0.2, 0) is 23.0 Å². The Hall–Kier alpha value is -1.04. The number of hydrogen-bond acceptors (Lipinski definition) is 3. The average molecular weight is 316 g/mol. The summed E-state index contributed by atoms with van der Waals surface area (Å²) in [6, 6.07) is 5.40. The maximum Gasteiger partial charge on any atom is 0.154 e. The first-order valence-electron chi connectivity index (χ1n) is 6.45. The smallest absolute Gasteiger partial charge is 0.154 e. The van der Waals surface area contributed by atoms with Crippen molar-refractivity contribution in [1.82, 2.24) is 4.57 Å². The Labute approximate surface area is 123 Å². The van der Waals surface area contributed by atoms with Crippen LogP contribution in [0.3, 0.4) is 0 Å². The van der Waals surface area contributed by atoms with Crippen molar-refractivity contribution in [2.45, 2.75) is 32.2 Å². The van der Waals surface area contributed by atoms with Crippen molar-refractivity contribution in [3.05, 3.63) is 35.0 Å². The molecule has 0 atom stereocenters. The van der Waals surface area contributed by atoms with Crippen molar-refractivity contribution in [1.29, 1.82) is 0 Å². The number of hydrogen-bond donors (Lipinski definition) is 1. The molecule has 1 N–H and O–H groups in total. The van der Waals surface area contributed by atoms with Gasteiger partial charge in [-0.3, -0.25) is 0 Å². The fourth-order valence-corrected chi connectivity index (χ4v) is 3.20. The highest BCUT2D eigenvalue weighted by Gasteiger charge is 2.17. The molecule has 0 spiro atoms. The van der Waals surface area contributed by atoms with Gasteiger partial charge < -0.3 is 9.67 Å². The molecule has 0 saturated heterocycles. The normalized spacial score (nSPS) is 12.4. The van der Waals surface area contributed by atoms with Gasteiger partial charge in [-0.25, -0.2) is 8.42 Å². The van der Waals surface area contributed by atoms with E-state index >= 15 is 0 Å². The molecule has 20 heavy (non-hydrogen) atoms. The Bertz CT molecular complexity index is 719. The molecule has 0 radical (unpaired) electrons. The predicted octanol–water partition coefficient (Wildman–Crippen LogP) is 2.61. The van der Waals surface area contributed by atoms with Crippen LogP contribution in [-0.4, -0.2) is 29.1 Å². The van der Waals surface area contributed by atoms with Crippen molar-refractivity contribution in [3.63, 3.8) is 0 Å². The fourth-order valence-electron chi connectivity index (χ4n) is 2.11. The standard InChI is InChI=1S/C14H18ClNO3S/c1-10(2)20(18,19)6-5-16-8-11(9-17)13-4-3-12(15)7-14(13)16/h3-4,7-8,10,17H,5-6,9H2,1-2H3. The van der Waals surface area contributed by atoms with Gasteiger partial charge in [0.1, 0.15) is 0 Å². The number of halogens is 1. The van der Waals surface area contributed by atoms with E-state index in [2.05, 4.69) is 0 Å². The zero-order valence-corrected chi connectivity index (χ0v) is 13.1. The molecule has 0 unspecified atom stereocenters. The Morgan fingerprint density at radius 2 is 2.05 bits per heavy atom. The third kappa shape index (κ3) is 3.00. The van der Waals surface area contributed by atoms with Crippen LogP contribution in [0.5, 0.6) is 0 Å². The monoisotopic (exact) mass is 315 g/mol. The van der Waals surface area contributed by atoms with Gasteiger partial charge in [0.15, 0.2) is 9.84 Å². The number of nitrogens with zero attached hydrogens (tertiary/aromatic N) is 1. The molecule has 1 aromatic carbocycles. The SMILES string of the molecule is CC(C)S(=O)(=O)CCn1cc(CO)c2ccc(Cl)cc21. The number of rotatable bonds is 5. The lowest BCUT2D eigenvalue weighted by Gasteiger charge is -2.09. The first-order valence-corrected chi connectivity index (χ1v) is 8.54. The Morgan fingerprint density at radius 1 is 1.35 bits per heavy atom. The van der Waals surface area contributed by atoms with Gasteiger partial charge in [0.2, 0.25) is 0 Å². The van der Waals surface area contributed by atoms with Crippen LogP contribution in [0.2, 0.25) is 5.02 Å². The summed E-state index contributed by atoms with van der Waals surface area (Å²) in [5.41, 5.74) is 1.62. The van der Waals surface area contributed by atoms with E-state index in [-0.39, 0.29) is 17.6 Å². The largest absolute Gasteiger partial charge is 0.392 e. The highest BCUT2D eigenvalue weighted by atomic mass is 35.5. The summed E-state index contributed by atoms with van der Waals surface area (Å²) in [5.74, 6) is 0.0752. The molecule has 2 aromatic rings. The van der Waals surface area contributed by atoms with E-state index < -0.39 is 9.84 Å². The summed E-state index contributed by atoms with van der Waals surface area (Å²) in [4.78, 5) is 0. The maximum absolute atomic E-state index is 11.9. The van der Waals surface area contributed by atoms with E-state index in [0.29, 0.717) is 11.6 Å². The summed E-state index contributed by atoms with van der Waals surface area (Å²) >= 11 is 5.99. The molecule has 1 heterocycles. The minimum Gasteiger partial charge on any atom is -0.392 e. The first kappa shape index (κ1) is 15.4. The van der Waals surface area contributed by atoms with E-state index in [9.17, 15) is 13.5 Å². The van der Waals surface area contributed by atoms with Crippen LogP contribution in [0.15, 0.2) is 24.4 Å². The number of benzene rings is 1. The number of sulfone groups is 1. The zero-order chi connectivity index (χ0) is 14.9. The third-order valence-electron chi connectivity index (χ3n) is 3.43. The van der Waals surface area contributed by atoms with Gasteiger partial charge in [0, 0.05) is 34.2 Å². The topological polar surface area (TPSA) is 59.3 Å². The Balaban J connectivity index is 2.37. The molecule has 6 heteroatoms. The Kier molecular flexibility index (Phi) is 4.42. The van der Waals surface area contributed by atoms with Crippen molar-refractivity contribution >= 4 is 32.3 Å². The molecule has 0 bridgehead atoms. The molecular weight excluding hydrogens is 298 g/mol. The summed E-state index contributed by atoms with van der Waals surface area (Å²) in [6.07, 6.45) is 1.79. The lowest BCUT2D eigenvalue weighted by atomic mass is 10.2. The van der Waals surface area contributed by atoms with Crippen LogP contribution in [0, 0.1) is 0 Å². The molecule has 4 nitrogen and oxygen atoms in total. The quantitative estimate of drug-likeness (QED) is 0.922. The average Bonchev–Trinajstić information content (AvgIpc) is 2.73. The molecule has 110 valence electrons. The maximum atomic E-state index is 11.9. The lowest BCUT2D eigenvalue weighted by Crippen LogP contribution is -2.20. The van der Waals surface area contributed by atoms with Crippen LogP contribution >= 0.6 is 11.6 Å². The van der Waals surface area contributed by atoms with Gasteiger partial charge in [0.05, 0.1) is 17.6 Å².